The molecule has 1 aliphatic carbocycles. The van der Waals surface area contributed by atoms with Gasteiger partial charge in [0.25, 0.3) is 10.0 Å². The van der Waals surface area contributed by atoms with Gasteiger partial charge in [0.15, 0.2) is 0 Å². The smallest absolute Gasteiger partial charge is 0.252 e. The normalized spacial score (nSPS) is 16.9. The number of hydrogen-bond donors (Lipinski definition) is 1. The van der Waals surface area contributed by atoms with Crippen LogP contribution in [-0.2, 0) is 16.6 Å². The van der Waals surface area contributed by atoms with E-state index in [1.807, 2.05) is 26.8 Å². The largest absolute Gasteiger partial charge is 0.309 e. The zero-order valence-electron chi connectivity index (χ0n) is 12.6. The number of nitrogens with one attached hydrogen (secondary N) is 1. The molecule has 1 aliphatic rings. The minimum atomic E-state index is -3.35. The van der Waals surface area contributed by atoms with Crippen molar-refractivity contribution in [1.29, 1.82) is 0 Å². The van der Waals surface area contributed by atoms with Crippen LogP contribution < -0.4 is 5.32 Å². The fourth-order valence-electron chi connectivity index (χ4n) is 2.03. The molecule has 20 heavy (non-hydrogen) atoms. The predicted molar refractivity (Wildman–Crippen MR) is 83.5 cm³/mol. The molecule has 0 saturated heterocycles. The molecule has 1 heterocycles. The van der Waals surface area contributed by atoms with Crippen LogP contribution in [0.15, 0.2) is 16.3 Å². The summed E-state index contributed by atoms with van der Waals surface area (Å²) in [7, 11) is -1.70. The highest BCUT2D eigenvalue weighted by Crippen LogP contribution is 2.27. The molecule has 4 nitrogen and oxygen atoms in total. The van der Waals surface area contributed by atoms with Crippen LogP contribution in [0.3, 0.4) is 0 Å². The summed E-state index contributed by atoms with van der Waals surface area (Å²) in [5, 5.41) is 3.41. The van der Waals surface area contributed by atoms with Crippen molar-refractivity contribution in [2.45, 2.75) is 50.4 Å². The van der Waals surface area contributed by atoms with Crippen molar-refractivity contribution in [3.8, 4) is 0 Å². The van der Waals surface area contributed by atoms with Gasteiger partial charge in [0.2, 0.25) is 0 Å². The standard InChI is InChI=1S/C14H24N2O2S2/c1-14(2,3)10-16(4)20(17,18)13-8-7-12(19-13)9-15-11-5-6-11/h7-8,11,15H,5-6,9-10H2,1-4H3. The fraction of sp³-hybridized carbons (Fsp3) is 0.714. The molecule has 0 radical (unpaired) electrons. The van der Waals surface area contributed by atoms with Crippen molar-refractivity contribution in [2.24, 2.45) is 5.41 Å². The number of thiophene rings is 1. The maximum absolute atomic E-state index is 12.5. The Morgan fingerprint density at radius 3 is 2.55 bits per heavy atom. The lowest BCUT2D eigenvalue weighted by atomic mass is 9.97. The van der Waals surface area contributed by atoms with Crippen molar-refractivity contribution in [3.05, 3.63) is 17.0 Å². The van der Waals surface area contributed by atoms with Crippen molar-refractivity contribution in [2.75, 3.05) is 13.6 Å². The van der Waals surface area contributed by atoms with Crippen LogP contribution in [0.25, 0.3) is 0 Å². The van der Waals surface area contributed by atoms with E-state index < -0.39 is 10.0 Å². The van der Waals surface area contributed by atoms with Crippen LogP contribution in [0.4, 0.5) is 0 Å². The summed E-state index contributed by atoms with van der Waals surface area (Å²) in [6.07, 6.45) is 2.48. The first-order valence-electron chi connectivity index (χ1n) is 6.97. The van der Waals surface area contributed by atoms with Crippen LogP contribution >= 0.6 is 11.3 Å². The first kappa shape index (κ1) is 15.9. The summed E-state index contributed by atoms with van der Waals surface area (Å²) in [6.45, 7) is 7.41. The van der Waals surface area contributed by atoms with E-state index in [9.17, 15) is 8.42 Å². The van der Waals surface area contributed by atoms with E-state index in [0.717, 1.165) is 11.4 Å². The lowest BCUT2D eigenvalue weighted by Gasteiger charge is -2.25. The third-order valence-electron chi connectivity index (χ3n) is 3.14. The minimum Gasteiger partial charge on any atom is -0.309 e. The topological polar surface area (TPSA) is 49.4 Å². The highest BCUT2D eigenvalue weighted by molar-refractivity contribution is 7.91. The SMILES string of the molecule is CN(CC(C)(C)C)S(=O)(=O)c1ccc(CNC2CC2)s1. The number of rotatable bonds is 6. The van der Waals surface area contributed by atoms with Gasteiger partial charge in [-0.3, -0.25) is 0 Å². The van der Waals surface area contributed by atoms with E-state index in [2.05, 4.69) is 5.32 Å². The third-order valence-corrected chi connectivity index (χ3v) is 6.50. The average Bonchev–Trinajstić information content (AvgIpc) is 3.01. The van der Waals surface area contributed by atoms with E-state index in [1.165, 1.54) is 28.5 Å². The lowest BCUT2D eigenvalue weighted by Crippen LogP contribution is -2.34. The van der Waals surface area contributed by atoms with Crippen molar-refractivity contribution in [1.82, 2.24) is 9.62 Å². The van der Waals surface area contributed by atoms with Crippen LogP contribution in [0.1, 0.15) is 38.5 Å². The molecule has 114 valence electrons. The molecule has 1 aromatic rings. The Bertz CT molecular complexity index is 554. The fourth-order valence-corrected chi connectivity index (χ4v) is 4.95. The molecule has 0 bridgehead atoms. The third kappa shape index (κ3) is 4.28. The summed E-state index contributed by atoms with van der Waals surface area (Å²) in [5.74, 6) is 0. The molecule has 0 unspecified atom stereocenters. The van der Waals surface area contributed by atoms with Gasteiger partial charge in [-0.05, 0) is 30.4 Å². The molecular weight excluding hydrogens is 292 g/mol. The summed E-state index contributed by atoms with van der Waals surface area (Å²) in [4.78, 5) is 1.08. The van der Waals surface area contributed by atoms with E-state index >= 15 is 0 Å². The van der Waals surface area contributed by atoms with Gasteiger partial charge in [0.05, 0.1) is 0 Å². The van der Waals surface area contributed by atoms with E-state index in [-0.39, 0.29) is 5.41 Å². The molecule has 6 heteroatoms. The maximum atomic E-state index is 12.5. The molecule has 2 rings (SSSR count). The first-order chi connectivity index (χ1) is 9.18. The molecule has 1 N–H and O–H groups in total. The zero-order chi connectivity index (χ0) is 15.0. The molecule has 0 amide bonds. The van der Waals surface area contributed by atoms with Crippen LogP contribution in [-0.4, -0.2) is 32.4 Å². The predicted octanol–water partition coefficient (Wildman–Crippen LogP) is 2.67. The summed E-state index contributed by atoms with van der Waals surface area (Å²) < 4.78 is 26.9. The second-order valence-corrected chi connectivity index (χ2v) is 10.1. The van der Waals surface area contributed by atoms with Crippen LogP contribution in [0.5, 0.6) is 0 Å². The molecular formula is C14H24N2O2S2. The van der Waals surface area contributed by atoms with Gasteiger partial charge in [0, 0.05) is 31.1 Å². The Kier molecular flexibility index (Phi) is 4.59. The molecule has 0 aromatic carbocycles. The molecule has 0 atom stereocenters. The number of nitrogens with zero attached hydrogens (tertiary/aromatic N) is 1. The van der Waals surface area contributed by atoms with Crippen molar-refractivity contribution >= 4 is 21.4 Å². The van der Waals surface area contributed by atoms with Crippen LogP contribution in [0, 0.1) is 5.41 Å². The Morgan fingerprint density at radius 1 is 1.35 bits per heavy atom. The summed E-state index contributed by atoms with van der Waals surface area (Å²) in [6, 6.07) is 4.28. The zero-order valence-corrected chi connectivity index (χ0v) is 14.3. The molecule has 0 spiro atoms. The average molecular weight is 316 g/mol. The van der Waals surface area contributed by atoms with Gasteiger partial charge < -0.3 is 5.32 Å². The Morgan fingerprint density at radius 2 is 2.00 bits per heavy atom. The quantitative estimate of drug-likeness (QED) is 0.878. The first-order valence-corrected chi connectivity index (χ1v) is 9.22. The van der Waals surface area contributed by atoms with Gasteiger partial charge in [-0.15, -0.1) is 11.3 Å². The lowest BCUT2D eigenvalue weighted by molar-refractivity contribution is 0.311. The monoisotopic (exact) mass is 316 g/mol. The van der Waals surface area contributed by atoms with Crippen molar-refractivity contribution < 1.29 is 8.42 Å². The highest BCUT2D eigenvalue weighted by atomic mass is 32.2. The van der Waals surface area contributed by atoms with Gasteiger partial charge in [0.1, 0.15) is 4.21 Å². The van der Waals surface area contributed by atoms with Gasteiger partial charge in [-0.1, -0.05) is 20.8 Å². The Balaban J connectivity index is 2.04. The Hall–Kier alpha value is -0.430. The van der Waals surface area contributed by atoms with Gasteiger partial charge >= 0.3 is 0 Å². The molecule has 1 saturated carbocycles. The second-order valence-electron chi connectivity index (χ2n) is 6.70. The summed E-state index contributed by atoms with van der Waals surface area (Å²) in [5.41, 5.74) is -0.0462. The Labute approximate surface area is 126 Å². The number of hydrogen-bond acceptors (Lipinski definition) is 4. The van der Waals surface area contributed by atoms with E-state index in [4.69, 9.17) is 0 Å². The molecule has 1 fully saturated rings. The van der Waals surface area contributed by atoms with Crippen LogP contribution in [0.2, 0.25) is 0 Å². The second kappa shape index (κ2) is 5.75. The highest BCUT2D eigenvalue weighted by Gasteiger charge is 2.27. The number of sulfonamides is 1. The molecule has 1 aromatic heterocycles. The summed E-state index contributed by atoms with van der Waals surface area (Å²) >= 11 is 1.37. The minimum absolute atomic E-state index is 0.0462. The van der Waals surface area contributed by atoms with E-state index in [0.29, 0.717) is 16.8 Å². The van der Waals surface area contributed by atoms with Gasteiger partial charge in [-0.2, -0.15) is 4.31 Å². The molecule has 0 aliphatic heterocycles. The van der Waals surface area contributed by atoms with E-state index in [1.54, 1.807) is 13.1 Å². The van der Waals surface area contributed by atoms with Crippen molar-refractivity contribution in [3.63, 3.8) is 0 Å². The van der Waals surface area contributed by atoms with Gasteiger partial charge in [-0.25, -0.2) is 8.42 Å². The maximum Gasteiger partial charge on any atom is 0.252 e.